The van der Waals surface area contributed by atoms with Gasteiger partial charge in [0.25, 0.3) is 5.91 Å². The molecule has 0 aliphatic carbocycles. The van der Waals surface area contributed by atoms with Crippen LogP contribution in [0.5, 0.6) is 0 Å². The molecule has 182 valence electrons. The van der Waals surface area contributed by atoms with Crippen molar-refractivity contribution in [3.63, 3.8) is 0 Å². The monoisotopic (exact) mass is 494 g/mol. The Morgan fingerprint density at radius 2 is 1.71 bits per heavy atom. The predicted molar refractivity (Wildman–Crippen MR) is 129 cm³/mol. The molecule has 1 saturated heterocycles. The van der Waals surface area contributed by atoms with Gasteiger partial charge < -0.3 is 9.47 Å². The molecule has 2 heterocycles. The van der Waals surface area contributed by atoms with Gasteiger partial charge in [-0.3, -0.25) is 4.79 Å². The van der Waals surface area contributed by atoms with Gasteiger partial charge in [0.2, 0.25) is 10.0 Å². The highest BCUT2D eigenvalue weighted by molar-refractivity contribution is 7.89. The number of sulfonamides is 1. The Morgan fingerprint density at radius 1 is 1.03 bits per heavy atom. The fourth-order valence-corrected chi connectivity index (χ4v) is 5.85. The molecule has 9 heteroatoms. The Balaban J connectivity index is 1.64. The van der Waals surface area contributed by atoms with E-state index in [9.17, 15) is 17.6 Å². The standard InChI is InChI=1S/C26H27FN4O3S/c1-29-19-24(35(33,34)31-12-3-2-4-13-31)15-25(29)26(32)30(18-22-6-5-7-23(27)14-22)17-21-10-8-20(16-28)9-11-21/h5-11,14-15,19H,2-4,12-13,17-18H2,1H3. The van der Waals surface area contributed by atoms with Crippen LogP contribution >= 0.6 is 0 Å². The largest absolute Gasteiger partial charge is 0.345 e. The minimum atomic E-state index is -3.69. The second-order valence-corrected chi connectivity index (χ2v) is 10.7. The Kier molecular flexibility index (Phi) is 7.34. The number of carbonyl (C=O) groups is 1. The Bertz CT molecular complexity index is 1350. The number of aryl methyl sites for hydroxylation is 1. The summed E-state index contributed by atoms with van der Waals surface area (Å²) in [5.41, 5.74) is 2.14. The lowest BCUT2D eigenvalue weighted by Gasteiger charge is -2.25. The Labute approximate surface area is 205 Å². The van der Waals surface area contributed by atoms with E-state index in [-0.39, 0.29) is 29.6 Å². The summed E-state index contributed by atoms with van der Waals surface area (Å²) in [6.07, 6.45) is 4.13. The van der Waals surface area contributed by atoms with Gasteiger partial charge in [-0.15, -0.1) is 0 Å². The predicted octanol–water partition coefficient (Wildman–Crippen LogP) is 4.05. The van der Waals surface area contributed by atoms with Crippen molar-refractivity contribution in [2.24, 2.45) is 7.05 Å². The van der Waals surface area contributed by atoms with E-state index in [1.807, 2.05) is 0 Å². The lowest BCUT2D eigenvalue weighted by molar-refractivity contribution is 0.0720. The molecule has 0 N–H and O–H groups in total. The number of hydrogen-bond acceptors (Lipinski definition) is 4. The molecule has 35 heavy (non-hydrogen) atoms. The number of rotatable bonds is 7. The highest BCUT2D eigenvalue weighted by atomic mass is 32.2. The first-order chi connectivity index (χ1) is 16.8. The van der Waals surface area contributed by atoms with Gasteiger partial charge in [-0.2, -0.15) is 9.57 Å². The molecule has 1 amide bonds. The zero-order chi connectivity index (χ0) is 25.0. The van der Waals surface area contributed by atoms with Crippen LogP contribution < -0.4 is 0 Å². The number of benzene rings is 2. The molecule has 3 aromatic rings. The van der Waals surface area contributed by atoms with Crippen LogP contribution in [0.25, 0.3) is 0 Å². The number of aromatic nitrogens is 1. The quantitative estimate of drug-likeness (QED) is 0.496. The summed E-state index contributed by atoms with van der Waals surface area (Å²) in [4.78, 5) is 15.3. The average molecular weight is 495 g/mol. The molecule has 0 radical (unpaired) electrons. The van der Waals surface area contributed by atoms with Crippen molar-refractivity contribution in [3.05, 3.63) is 89.0 Å². The van der Waals surface area contributed by atoms with Crippen molar-refractivity contribution in [2.75, 3.05) is 13.1 Å². The molecule has 0 atom stereocenters. The number of amides is 1. The van der Waals surface area contributed by atoms with Crippen LogP contribution in [0.1, 0.15) is 46.4 Å². The average Bonchev–Trinajstić information content (AvgIpc) is 3.26. The molecular formula is C26H27FN4O3S. The van der Waals surface area contributed by atoms with Gasteiger partial charge in [0.1, 0.15) is 16.4 Å². The second kappa shape index (κ2) is 10.4. The van der Waals surface area contributed by atoms with E-state index in [1.54, 1.807) is 48.3 Å². The van der Waals surface area contributed by atoms with Crippen molar-refractivity contribution in [1.29, 1.82) is 5.26 Å². The molecule has 0 bridgehead atoms. The summed E-state index contributed by atoms with van der Waals surface area (Å²) >= 11 is 0. The van der Waals surface area contributed by atoms with Crippen LogP contribution in [0.15, 0.2) is 65.7 Å². The molecule has 7 nitrogen and oxygen atoms in total. The minimum Gasteiger partial charge on any atom is -0.345 e. The van der Waals surface area contributed by atoms with E-state index in [4.69, 9.17) is 5.26 Å². The van der Waals surface area contributed by atoms with Crippen LogP contribution in [0.3, 0.4) is 0 Å². The second-order valence-electron chi connectivity index (χ2n) is 8.74. The number of carbonyl (C=O) groups excluding carboxylic acids is 1. The molecule has 1 aliphatic heterocycles. The lowest BCUT2D eigenvalue weighted by Crippen LogP contribution is -2.35. The van der Waals surface area contributed by atoms with Gasteiger partial charge in [0, 0.05) is 39.4 Å². The van der Waals surface area contributed by atoms with Gasteiger partial charge in [0.05, 0.1) is 11.6 Å². The molecule has 1 aromatic heterocycles. The van der Waals surface area contributed by atoms with Gasteiger partial charge in [-0.05, 0) is 54.3 Å². The van der Waals surface area contributed by atoms with E-state index in [2.05, 4.69) is 6.07 Å². The summed E-state index contributed by atoms with van der Waals surface area (Å²) in [5.74, 6) is -0.775. The summed E-state index contributed by atoms with van der Waals surface area (Å²) in [5, 5.41) is 9.06. The zero-order valence-electron chi connectivity index (χ0n) is 19.5. The van der Waals surface area contributed by atoms with Crippen LogP contribution in [0.4, 0.5) is 4.39 Å². The highest BCUT2D eigenvalue weighted by Gasteiger charge is 2.29. The van der Waals surface area contributed by atoms with Gasteiger partial charge in [-0.1, -0.05) is 30.7 Å². The highest BCUT2D eigenvalue weighted by Crippen LogP contribution is 2.24. The maximum absolute atomic E-state index is 13.8. The molecule has 1 fully saturated rings. The lowest BCUT2D eigenvalue weighted by atomic mass is 10.1. The van der Waals surface area contributed by atoms with Crippen molar-refractivity contribution in [2.45, 2.75) is 37.2 Å². The summed E-state index contributed by atoms with van der Waals surface area (Å²) in [7, 11) is -2.05. The van der Waals surface area contributed by atoms with Crippen LogP contribution in [-0.2, 0) is 30.2 Å². The molecule has 0 unspecified atom stereocenters. The maximum atomic E-state index is 13.8. The van der Waals surface area contributed by atoms with Crippen molar-refractivity contribution in [1.82, 2.24) is 13.8 Å². The van der Waals surface area contributed by atoms with Gasteiger partial charge in [0.15, 0.2) is 0 Å². The number of nitriles is 1. The van der Waals surface area contributed by atoms with Crippen molar-refractivity contribution in [3.8, 4) is 6.07 Å². The zero-order valence-corrected chi connectivity index (χ0v) is 20.3. The maximum Gasteiger partial charge on any atom is 0.271 e. The minimum absolute atomic E-state index is 0.0920. The van der Waals surface area contributed by atoms with Crippen LogP contribution in [0.2, 0.25) is 0 Å². The molecule has 2 aromatic carbocycles. The number of halogens is 1. The fraction of sp³-hybridized carbons (Fsp3) is 0.308. The smallest absolute Gasteiger partial charge is 0.271 e. The van der Waals surface area contributed by atoms with Crippen molar-refractivity contribution >= 4 is 15.9 Å². The molecule has 4 rings (SSSR count). The first-order valence-corrected chi connectivity index (χ1v) is 12.9. The van der Waals surface area contributed by atoms with E-state index in [0.717, 1.165) is 24.8 Å². The van der Waals surface area contributed by atoms with Gasteiger partial charge in [-0.25, -0.2) is 12.8 Å². The molecule has 0 spiro atoms. The summed E-state index contributed by atoms with van der Waals surface area (Å²) in [6.45, 7) is 1.30. The number of hydrogen-bond donors (Lipinski definition) is 0. The Morgan fingerprint density at radius 3 is 2.37 bits per heavy atom. The van der Waals surface area contributed by atoms with E-state index in [1.165, 1.54) is 33.3 Å². The third-order valence-electron chi connectivity index (χ3n) is 6.16. The molecule has 1 aliphatic rings. The van der Waals surface area contributed by atoms with E-state index < -0.39 is 15.8 Å². The third kappa shape index (κ3) is 5.61. The first-order valence-electron chi connectivity index (χ1n) is 11.5. The third-order valence-corrected chi connectivity index (χ3v) is 8.02. The first kappa shape index (κ1) is 24.6. The Hall–Kier alpha value is -3.48. The SMILES string of the molecule is Cn1cc(S(=O)(=O)N2CCCCC2)cc1C(=O)N(Cc1ccc(C#N)cc1)Cc1cccc(F)c1. The normalized spacial score (nSPS) is 14.4. The molecule has 0 saturated carbocycles. The number of nitrogens with zero attached hydrogens (tertiary/aromatic N) is 4. The fourth-order valence-electron chi connectivity index (χ4n) is 4.26. The van der Waals surface area contributed by atoms with Crippen LogP contribution in [0, 0.1) is 17.1 Å². The van der Waals surface area contributed by atoms with E-state index in [0.29, 0.717) is 24.2 Å². The van der Waals surface area contributed by atoms with Gasteiger partial charge >= 0.3 is 0 Å². The summed E-state index contributed by atoms with van der Waals surface area (Å²) in [6, 6.07) is 16.4. The molecular weight excluding hydrogens is 467 g/mol. The van der Waals surface area contributed by atoms with Crippen molar-refractivity contribution < 1.29 is 17.6 Å². The topological polar surface area (TPSA) is 86.4 Å². The summed E-state index contributed by atoms with van der Waals surface area (Å²) < 4.78 is 43.1. The van der Waals surface area contributed by atoms with Crippen LogP contribution in [-0.4, -0.2) is 41.2 Å². The van der Waals surface area contributed by atoms with E-state index >= 15 is 0 Å². The number of piperidine rings is 1.